The van der Waals surface area contributed by atoms with Gasteiger partial charge in [0.05, 0.1) is 24.1 Å². The molecule has 3 rings (SSSR count). The molecule has 0 amide bonds. The second-order valence-electron chi connectivity index (χ2n) is 4.33. The van der Waals surface area contributed by atoms with Crippen LogP contribution >= 0.6 is 22.9 Å². The molecule has 0 aliphatic rings. The van der Waals surface area contributed by atoms with E-state index in [2.05, 4.69) is 33.6 Å². The molecule has 3 aromatic heterocycles. The molecule has 0 bridgehead atoms. The Hall–Kier alpha value is -1.39. The summed E-state index contributed by atoms with van der Waals surface area (Å²) in [4.78, 5) is 11.4. The Morgan fingerprint density at radius 2 is 2.11 bits per heavy atom. The number of halogens is 1. The average molecular weight is 292 g/mol. The van der Waals surface area contributed by atoms with Crippen LogP contribution in [0.2, 0.25) is 0 Å². The van der Waals surface area contributed by atoms with E-state index in [1.165, 1.54) is 9.75 Å². The molecule has 0 spiro atoms. The molecule has 98 valence electrons. The summed E-state index contributed by atoms with van der Waals surface area (Å²) >= 11 is 7.85. The van der Waals surface area contributed by atoms with Gasteiger partial charge in [0.1, 0.15) is 11.3 Å². The lowest BCUT2D eigenvalue weighted by Crippen LogP contribution is -2.02. The fourth-order valence-electron chi connectivity index (χ4n) is 2.16. The number of fused-ring (bicyclic) bond motifs is 1. The first-order valence-corrected chi connectivity index (χ1v) is 7.59. The van der Waals surface area contributed by atoms with Crippen molar-refractivity contribution in [1.82, 2.24) is 14.5 Å². The van der Waals surface area contributed by atoms with Gasteiger partial charge in [-0.1, -0.05) is 6.92 Å². The largest absolute Gasteiger partial charge is 0.322 e. The second kappa shape index (κ2) is 5.31. The normalized spacial score (nSPS) is 11.3. The van der Waals surface area contributed by atoms with Crippen molar-refractivity contribution in [3.05, 3.63) is 46.2 Å². The highest BCUT2D eigenvalue weighted by Crippen LogP contribution is 2.22. The zero-order valence-electron chi connectivity index (χ0n) is 10.6. The van der Waals surface area contributed by atoms with Gasteiger partial charge in [-0.2, -0.15) is 0 Å². The third-order valence-electron chi connectivity index (χ3n) is 3.13. The van der Waals surface area contributed by atoms with Crippen molar-refractivity contribution < 1.29 is 0 Å². The third kappa shape index (κ3) is 2.38. The summed E-state index contributed by atoms with van der Waals surface area (Å²) in [5.41, 5.74) is 2.00. The van der Waals surface area contributed by atoms with Gasteiger partial charge < -0.3 is 4.57 Å². The molecule has 0 aliphatic heterocycles. The molecule has 0 aliphatic carbocycles. The molecule has 0 radical (unpaired) electrons. The van der Waals surface area contributed by atoms with Crippen molar-refractivity contribution in [2.75, 3.05) is 0 Å². The highest BCUT2D eigenvalue weighted by atomic mass is 35.5. The van der Waals surface area contributed by atoms with Crippen molar-refractivity contribution in [2.24, 2.45) is 0 Å². The SMILES string of the molecule is CCc1ccc(Cn2c(CCl)nc3cnccc32)s1. The lowest BCUT2D eigenvalue weighted by molar-refractivity contribution is 0.789. The molecule has 3 heterocycles. The average Bonchev–Trinajstić information content (AvgIpc) is 3.04. The molecule has 0 saturated heterocycles. The minimum atomic E-state index is 0.417. The predicted octanol–water partition coefficient (Wildman–Crippen LogP) is 3.84. The maximum atomic E-state index is 6.00. The van der Waals surface area contributed by atoms with E-state index in [0.717, 1.165) is 29.8 Å². The molecule has 3 aromatic rings. The first kappa shape index (κ1) is 12.6. The van der Waals surface area contributed by atoms with Crippen LogP contribution < -0.4 is 0 Å². The van der Waals surface area contributed by atoms with E-state index in [4.69, 9.17) is 11.6 Å². The lowest BCUT2D eigenvalue weighted by atomic mass is 10.3. The second-order valence-corrected chi connectivity index (χ2v) is 5.85. The van der Waals surface area contributed by atoms with Gasteiger partial charge in [0.2, 0.25) is 0 Å². The summed E-state index contributed by atoms with van der Waals surface area (Å²) in [6.07, 6.45) is 4.67. The minimum absolute atomic E-state index is 0.417. The number of pyridine rings is 1. The minimum Gasteiger partial charge on any atom is -0.322 e. The Bertz CT molecular complexity index is 702. The van der Waals surface area contributed by atoms with Crippen molar-refractivity contribution in [3.8, 4) is 0 Å². The number of hydrogen-bond acceptors (Lipinski definition) is 3. The van der Waals surface area contributed by atoms with Crippen molar-refractivity contribution in [2.45, 2.75) is 25.8 Å². The standard InChI is InChI=1S/C14H14ClN3S/c1-2-10-3-4-11(19-10)9-18-13-5-6-16-8-12(13)17-14(18)7-15/h3-6,8H,2,7,9H2,1H3. The van der Waals surface area contributed by atoms with Gasteiger partial charge in [-0.3, -0.25) is 4.98 Å². The van der Waals surface area contributed by atoms with Crippen LogP contribution in [-0.4, -0.2) is 14.5 Å². The van der Waals surface area contributed by atoms with Crippen molar-refractivity contribution in [3.63, 3.8) is 0 Å². The first-order chi connectivity index (χ1) is 9.31. The number of hydrogen-bond donors (Lipinski definition) is 0. The van der Waals surface area contributed by atoms with Gasteiger partial charge in [0.25, 0.3) is 0 Å². The summed E-state index contributed by atoms with van der Waals surface area (Å²) in [6.45, 7) is 3.01. The Morgan fingerprint density at radius 1 is 1.26 bits per heavy atom. The van der Waals surface area contributed by atoms with E-state index < -0.39 is 0 Å². The van der Waals surface area contributed by atoms with E-state index in [0.29, 0.717) is 5.88 Å². The van der Waals surface area contributed by atoms with Gasteiger partial charge in [-0.05, 0) is 24.6 Å². The molecule has 5 heteroatoms. The summed E-state index contributed by atoms with van der Waals surface area (Å²) in [6, 6.07) is 6.38. The highest BCUT2D eigenvalue weighted by molar-refractivity contribution is 7.11. The summed E-state index contributed by atoms with van der Waals surface area (Å²) in [7, 11) is 0. The van der Waals surface area contributed by atoms with Crippen LogP contribution in [0.15, 0.2) is 30.6 Å². The summed E-state index contributed by atoms with van der Waals surface area (Å²) in [5, 5.41) is 0. The van der Waals surface area contributed by atoms with Gasteiger partial charge in [0, 0.05) is 16.0 Å². The molecule has 0 aromatic carbocycles. The number of imidazole rings is 1. The Kier molecular flexibility index (Phi) is 3.53. The zero-order chi connectivity index (χ0) is 13.2. The molecule has 0 fully saturated rings. The quantitative estimate of drug-likeness (QED) is 0.684. The molecule has 0 unspecified atom stereocenters. The topological polar surface area (TPSA) is 30.7 Å². The number of thiophene rings is 1. The van der Waals surface area contributed by atoms with Crippen LogP contribution in [-0.2, 0) is 18.8 Å². The van der Waals surface area contributed by atoms with Gasteiger partial charge in [0.15, 0.2) is 0 Å². The monoisotopic (exact) mass is 291 g/mol. The fourth-order valence-corrected chi connectivity index (χ4v) is 3.31. The van der Waals surface area contributed by atoms with E-state index in [1.54, 1.807) is 12.4 Å². The van der Waals surface area contributed by atoms with E-state index in [-0.39, 0.29) is 0 Å². The Balaban J connectivity index is 2.03. The third-order valence-corrected chi connectivity index (χ3v) is 4.58. The van der Waals surface area contributed by atoms with Crippen molar-refractivity contribution in [1.29, 1.82) is 0 Å². The summed E-state index contributed by atoms with van der Waals surface area (Å²) < 4.78 is 2.18. The van der Waals surface area contributed by atoms with Crippen LogP contribution in [0.5, 0.6) is 0 Å². The molecule has 0 saturated carbocycles. The molecule has 19 heavy (non-hydrogen) atoms. The van der Waals surface area contributed by atoms with Crippen LogP contribution in [0.3, 0.4) is 0 Å². The molecule has 0 N–H and O–H groups in total. The first-order valence-electron chi connectivity index (χ1n) is 6.24. The maximum absolute atomic E-state index is 6.00. The van der Waals surface area contributed by atoms with Crippen LogP contribution in [0.25, 0.3) is 11.0 Å². The predicted molar refractivity (Wildman–Crippen MR) is 79.9 cm³/mol. The number of rotatable bonds is 4. The van der Waals surface area contributed by atoms with E-state index in [9.17, 15) is 0 Å². The molecule has 0 atom stereocenters. The van der Waals surface area contributed by atoms with E-state index in [1.807, 2.05) is 17.4 Å². The van der Waals surface area contributed by atoms with E-state index >= 15 is 0 Å². The lowest BCUT2D eigenvalue weighted by Gasteiger charge is -2.05. The van der Waals surface area contributed by atoms with Gasteiger partial charge in [-0.25, -0.2) is 4.98 Å². The molecular formula is C14H14ClN3S. The molecular weight excluding hydrogens is 278 g/mol. The van der Waals surface area contributed by atoms with Gasteiger partial charge in [-0.15, -0.1) is 22.9 Å². The fraction of sp³-hybridized carbons (Fsp3) is 0.286. The number of nitrogens with zero attached hydrogens (tertiary/aromatic N) is 3. The smallest absolute Gasteiger partial charge is 0.125 e. The van der Waals surface area contributed by atoms with Crippen LogP contribution in [0, 0.1) is 0 Å². The number of aryl methyl sites for hydroxylation is 1. The van der Waals surface area contributed by atoms with Crippen molar-refractivity contribution >= 4 is 34.0 Å². The molecule has 3 nitrogen and oxygen atoms in total. The Labute approximate surface area is 120 Å². The number of alkyl halides is 1. The Morgan fingerprint density at radius 3 is 2.84 bits per heavy atom. The highest BCUT2D eigenvalue weighted by Gasteiger charge is 2.11. The summed E-state index contributed by atoms with van der Waals surface area (Å²) in [5.74, 6) is 1.32. The van der Waals surface area contributed by atoms with Gasteiger partial charge >= 0.3 is 0 Å². The van der Waals surface area contributed by atoms with Crippen LogP contribution in [0.4, 0.5) is 0 Å². The number of aromatic nitrogens is 3. The maximum Gasteiger partial charge on any atom is 0.125 e. The zero-order valence-corrected chi connectivity index (χ0v) is 12.2. The van der Waals surface area contributed by atoms with Crippen LogP contribution in [0.1, 0.15) is 22.5 Å².